The number of hydrogen-bond acceptors (Lipinski definition) is 1. The molecule has 1 unspecified atom stereocenters. The molecule has 0 aromatic rings. The van der Waals surface area contributed by atoms with E-state index in [0.717, 1.165) is 32.1 Å². The lowest BCUT2D eigenvalue weighted by Crippen LogP contribution is -2.06. The van der Waals surface area contributed by atoms with Crippen molar-refractivity contribution in [1.82, 2.24) is 0 Å². The largest absolute Gasteiger partial charge is 0.300 e. The molecule has 1 aliphatic rings. The standard InChI is InChI=1S/C12H20O/c1-10-6-4-3-5-7-12(13)9-11(2)8-10/h6,11H,3-5,7-9H2,1-2H3. The fourth-order valence-corrected chi connectivity index (χ4v) is 2.01. The first-order valence-electron chi connectivity index (χ1n) is 5.36. The summed E-state index contributed by atoms with van der Waals surface area (Å²) in [5.41, 5.74) is 1.46. The summed E-state index contributed by atoms with van der Waals surface area (Å²) in [5, 5.41) is 0. The van der Waals surface area contributed by atoms with E-state index < -0.39 is 0 Å². The van der Waals surface area contributed by atoms with Crippen molar-refractivity contribution in [2.45, 2.75) is 52.4 Å². The minimum absolute atomic E-state index is 0.460. The van der Waals surface area contributed by atoms with Crippen LogP contribution in [0.3, 0.4) is 0 Å². The van der Waals surface area contributed by atoms with Crippen LogP contribution in [0.15, 0.2) is 11.6 Å². The van der Waals surface area contributed by atoms with Crippen LogP contribution < -0.4 is 0 Å². The zero-order valence-corrected chi connectivity index (χ0v) is 8.81. The maximum atomic E-state index is 11.4. The molecule has 1 aliphatic carbocycles. The molecule has 0 fully saturated rings. The third kappa shape index (κ3) is 4.25. The molecule has 74 valence electrons. The predicted octanol–water partition coefficient (Wildman–Crippen LogP) is 3.49. The van der Waals surface area contributed by atoms with Crippen molar-refractivity contribution >= 4 is 5.78 Å². The molecule has 0 saturated carbocycles. The Hall–Kier alpha value is -0.590. The summed E-state index contributed by atoms with van der Waals surface area (Å²) in [6.45, 7) is 4.36. The van der Waals surface area contributed by atoms with Crippen LogP contribution >= 0.6 is 0 Å². The molecule has 0 saturated heterocycles. The second kappa shape index (κ2) is 5.21. The third-order valence-electron chi connectivity index (χ3n) is 2.65. The molecule has 1 heteroatoms. The first-order valence-corrected chi connectivity index (χ1v) is 5.36. The lowest BCUT2D eigenvalue weighted by molar-refractivity contribution is -0.119. The molecule has 1 atom stereocenters. The van der Waals surface area contributed by atoms with Gasteiger partial charge in [0, 0.05) is 12.8 Å². The van der Waals surface area contributed by atoms with E-state index >= 15 is 0 Å². The summed E-state index contributed by atoms with van der Waals surface area (Å²) in [4.78, 5) is 11.4. The topological polar surface area (TPSA) is 17.1 Å². The molecule has 0 heterocycles. The lowest BCUT2D eigenvalue weighted by atomic mass is 9.93. The van der Waals surface area contributed by atoms with Crippen LogP contribution in [0, 0.1) is 5.92 Å². The van der Waals surface area contributed by atoms with E-state index in [1.165, 1.54) is 12.0 Å². The number of allylic oxidation sites excluding steroid dienone is 2. The highest BCUT2D eigenvalue weighted by Crippen LogP contribution is 2.19. The van der Waals surface area contributed by atoms with Gasteiger partial charge >= 0.3 is 0 Å². The van der Waals surface area contributed by atoms with E-state index in [2.05, 4.69) is 19.9 Å². The quantitative estimate of drug-likeness (QED) is 0.521. The molecule has 0 spiro atoms. The van der Waals surface area contributed by atoms with Gasteiger partial charge in [-0.05, 0) is 38.5 Å². The van der Waals surface area contributed by atoms with Crippen molar-refractivity contribution in [3.05, 3.63) is 11.6 Å². The second-order valence-corrected chi connectivity index (χ2v) is 4.35. The lowest BCUT2D eigenvalue weighted by Gasteiger charge is -2.12. The van der Waals surface area contributed by atoms with Gasteiger partial charge in [-0.3, -0.25) is 4.79 Å². The van der Waals surface area contributed by atoms with Crippen molar-refractivity contribution in [3.63, 3.8) is 0 Å². The van der Waals surface area contributed by atoms with E-state index in [4.69, 9.17) is 0 Å². The Balaban J connectivity index is 2.52. The molecule has 0 bridgehead atoms. The Labute approximate surface area is 81.2 Å². The average Bonchev–Trinajstić information content (AvgIpc) is 2.02. The van der Waals surface area contributed by atoms with Crippen LogP contribution in [0.25, 0.3) is 0 Å². The Bertz CT molecular complexity index is 203. The summed E-state index contributed by atoms with van der Waals surface area (Å²) in [7, 11) is 0. The number of hydrogen-bond donors (Lipinski definition) is 0. The van der Waals surface area contributed by atoms with Gasteiger partial charge in [0.15, 0.2) is 0 Å². The summed E-state index contributed by atoms with van der Waals surface area (Å²) < 4.78 is 0. The monoisotopic (exact) mass is 180 g/mol. The molecule has 1 rings (SSSR count). The van der Waals surface area contributed by atoms with Gasteiger partial charge in [-0.2, -0.15) is 0 Å². The van der Waals surface area contributed by atoms with Crippen molar-refractivity contribution < 1.29 is 4.79 Å². The molecular formula is C12H20O. The van der Waals surface area contributed by atoms with Crippen LogP contribution in [-0.4, -0.2) is 5.78 Å². The Morgan fingerprint density at radius 2 is 2.08 bits per heavy atom. The van der Waals surface area contributed by atoms with Gasteiger partial charge in [0.25, 0.3) is 0 Å². The fourth-order valence-electron chi connectivity index (χ4n) is 2.01. The SMILES string of the molecule is CC1=CCCCCC(=O)CC(C)C1. The molecule has 0 aliphatic heterocycles. The van der Waals surface area contributed by atoms with Gasteiger partial charge in [-0.1, -0.05) is 18.6 Å². The number of carbonyl (C=O) groups is 1. The molecule has 0 aromatic heterocycles. The Kier molecular flexibility index (Phi) is 4.20. The van der Waals surface area contributed by atoms with E-state index in [1.54, 1.807) is 0 Å². The van der Waals surface area contributed by atoms with Crippen molar-refractivity contribution in [3.8, 4) is 0 Å². The van der Waals surface area contributed by atoms with Crippen molar-refractivity contribution in [2.24, 2.45) is 5.92 Å². The highest BCUT2D eigenvalue weighted by molar-refractivity contribution is 5.78. The molecular weight excluding hydrogens is 160 g/mol. The number of ketones is 1. The van der Waals surface area contributed by atoms with Crippen LogP contribution in [0.2, 0.25) is 0 Å². The van der Waals surface area contributed by atoms with Gasteiger partial charge in [0.2, 0.25) is 0 Å². The summed E-state index contributed by atoms with van der Waals surface area (Å²) >= 11 is 0. The fraction of sp³-hybridized carbons (Fsp3) is 0.750. The minimum atomic E-state index is 0.460. The van der Waals surface area contributed by atoms with E-state index in [-0.39, 0.29) is 0 Å². The second-order valence-electron chi connectivity index (χ2n) is 4.35. The van der Waals surface area contributed by atoms with E-state index in [0.29, 0.717) is 11.7 Å². The predicted molar refractivity (Wildman–Crippen MR) is 55.6 cm³/mol. The normalized spacial score (nSPS) is 26.8. The number of rotatable bonds is 0. The summed E-state index contributed by atoms with van der Waals surface area (Å²) in [6.07, 6.45) is 8.44. The van der Waals surface area contributed by atoms with E-state index in [1.807, 2.05) is 0 Å². The Morgan fingerprint density at radius 3 is 2.85 bits per heavy atom. The molecule has 0 N–H and O–H groups in total. The first-order chi connectivity index (χ1) is 6.18. The van der Waals surface area contributed by atoms with Crippen LogP contribution in [0.5, 0.6) is 0 Å². The smallest absolute Gasteiger partial charge is 0.133 e. The zero-order valence-electron chi connectivity index (χ0n) is 8.81. The highest BCUT2D eigenvalue weighted by Gasteiger charge is 2.10. The maximum absolute atomic E-state index is 11.4. The van der Waals surface area contributed by atoms with Crippen LogP contribution in [0.4, 0.5) is 0 Å². The molecule has 0 radical (unpaired) electrons. The van der Waals surface area contributed by atoms with Crippen LogP contribution in [0.1, 0.15) is 52.4 Å². The minimum Gasteiger partial charge on any atom is -0.300 e. The third-order valence-corrected chi connectivity index (χ3v) is 2.65. The molecule has 0 amide bonds. The molecule has 1 nitrogen and oxygen atoms in total. The Morgan fingerprint density at radius 1 is 1.31 bits per heavy atom. The van der Waals surface area contributed by atoms with Gasteiger partial charge in [-0.15, -0.1) is 0 Å². The maximum Gasteiger partial charge on any atom is 0.133 e. The number of carbonyl (C=O) groups excluding carboxylic acids is 1. The highest BCUT2D eigenvalue weighted by atomic mass is 16.1. The summed E-state index contributed by atoms with van der Waals surface area (Å²) in [5.74, 6) is 1.00. The van der Waals surface area contributed by atoms with Crippen molar-refractivity contribution in [1.29, 1.82) is 0 Å². The molecule has 13 heavy (non-hydrogen) atoms. The van der Waals surface area contributed by atoms with Crippen molar-refractivity contribution in [2.75, 3.05) is 0 Å². The number of Topliss-reactive ketones (excluding diaryl/α,β-unsaturated/α-hetero) is 1. The zero-order chi connectivity index (χ0) is 9.68. The van der Waals surface area contributed by atoms with Gasteiger partial charge < -0.3 is 0 Å². The molecule has 0 aromatic carbocycles. The van der Waals surface area contributed by atoms with Gasteiger partial charge in [0.1, 0.15) is 5.78 Å². The van der Waals surface area contributed by atoms with Gasteiger partial charge in [0.05, 0.1) is 0 Å². The van der Waals surface area contributed by atoms with E-state index in [9.17, 15) is 4.79 Å². The summed E-state index contributed by atoms with van der Waals surface area (Å²) in [6, 6.07) is 0. The van der Waals surface area contributed by atoms with Gasteiger partial charge in [-0.25, -0.2) is 0 Å². The first kappa shape index (κ1) is 10.5. The van der Waals surface area contributed by atoms with Crippen LogP contribution in [-0.2, 0) is 4.79 Å². The average molecular weight is 180 g/mol.